The van der Waals surface area contributed by atoms with E-state index in [1.54, 1.807) is 0 Å². The summed E-state index contributed by atoms with van der Waals surface area (Å²) >= 11 is 0. The zero-order valence-corrected chi connectivity index (χ0v) is 7.85. The van der Waals surface area contributed by atoms with E-state index in [9.17, 15) is 14.0 Å². The minimum absolute atomic E-state index is 0.326. The van der Waals surface area contributed by atoms with Crippen molar-refractivity contribution in [1.82, 2.24) is 0 Å². The minimum atomic E-state index is -1.09. The lowest BCUT2D eigenvalue weighted by atomic mass is 10.3. The van der Waals surface area contributed by atoms with E-state index in [-0.39, 0.29) is 0 Å². The molecule has 0 saturated heterocycles. The zero-order chi connectivity index (χ0) is 10.1. The summed E-state index contributed by atoms with van der Waals surface area (Å²) in [5.74, 6) is -1.35. The van der Waals surface area contributed by atoms with E-state index < -0.39 is 24.8 Å². The first kappa shape index (κ1) is 12.1. The summed E-state index contributed by atoms with van der Waals surface area (Å²) in [7, 11) is 0. The highest BCUT2D eigenvalue weighted by Gasteiger charge is 2.09. The third kappa shape index (κ3) is 7.43. The van der Waals surface area contributed by atoms with E-state index >= 15 is 0 Å². The Morgan fingerprint density at radius 3 is 2.54 bits per heavy atom. The lowest BCUT2D eigenvalue weighted by molar-refractivity contribution is -0.146. The Kier molecular flexibility index (Phi) is 7.15. The number of ether oxygens (including phenoxy) is 1. The van der Waals surface area contributed by atoms with Crippen LogP contribution in [0.2, 0.25) is 0 Å². The molecule has 0 heterocycles. The van der Waals surface area contributed by atoms with Crippen molar-refractivity contribution in [2.45, 2.75) is 32.6 Å². The first-order valence-electron chi connectivity index (χ1n) is 4.44. The van der Waals surface area contributed by atoms with Gasteiger partial charge in [0.15, 0.2) is 5.78 Å². The number of Topliss-reactive ketones (excluding diaryl/α,β-unsaturated/α-hetero) is 1. The van der Waals surface area contributed by atoms with E-state index in [2.05, 4.69) is 0 Å². The molecule has 0 N–H and O–H groups in total. The smallest absolute Gasteiger partial charge is 0.313 e. The van der Waals surface area contributed by atoms with Gasteiger partial charge in [-0.25, -0.2) is 4.39 Å². The maximum Gasteiger partial charge on any atom is 0.313 e. The van der Waals surface area contributed by atoms with Crippen molar-refractivity contribution in [3.63, 3.8) is 0 Å². The van der Waals surface area contributed by atoms with Crippen molar-refractivity contribution in [2.24, 2.45) is 0 Å². The van der Waals surface area contributed by atoms with Crippen LogP contribution in [-0.2, 0) is 14.3 Å². The van der Waals surface area contributed by atoms with Crippen LogP contribution >= 0.6 is 0 Å². The molecule has 76 valence electrons. The second-order valence-electron chi connectivity index (χ2n) is 2.78. The standard InChI is InChI=1S/C9H15FO3/c1-2-3-4-5-13-9(12)6-8(11)7-10/h2-7H2,1H3. The van der Waals surface area contributed by atoms with Gasteiger partial charge in [0.1, 0.15) is 13.1 Å². The Morgan fingerprint density at radius 1 is 1.31 bits per heavy atom. The summed E-state index contributed by atoms with van der Waals surface area (Å²) in [6, 6.07) is 0. The van der Waals surface area contributed by atoms with Gasteiger partial charge in [0.25, 0.3) is 0 Å². The fraction of sp³-hybridized carbons (Fsp3) is 0.778. The van der Waals surface area contributed by atoms with Gasteiger partial charge in [-0.1, -0.05) is 19.8 Å². The van der Waals surface area contributed by atoms with Crippen LogP contribution in [0.4, 0.5) is 4.39 Å². The van der Waals surface area contributed by atoms with Crippen LogP contribution in [0.25, 0.3) is 0 Å². The van der Waals surface area contributed by atoms with Crippen molar-refractivity contribution in [3.8, 4) is 0 Å². The lowest BCUT2D eigenvalue weighted by Crippen LogP contribution is -2.12. The summed E-state index contributed by atoms with van der Waals surface area (Å²) in [5, 5.41) is 0. The predicted molar refractivity (Wildman–Crippen MR) is 46.1 cm³/mol. The molecule has 0 aromatic carbocycles. The van der Waals surface area contributed by atoms with Crippen LogP contribution in [0.15, 0.2) is 0 Å². The Bertz CT molecular complexity index is 168. The molecule has 0 amide bonds. The lowest BCUT2D eigenvalue weighted by Gasteiger charge is -2.01. The number of carbonyl (C=O) groups excluding carboxylic acids is 2. The van der Waals surface area contributed by atoms with E-state index in [1.165, 1.54) is 0 Å². The largest absolute Gasteiger partial charge is 0.465 e. The molecule has 3 nitrogen and oxygen atoms in total. The number of carbonyl (C=O) groups is 2. The van der Waals surface area contributed by atoms with Gasteiger partial charge < -0.3 is 4.74 Å². The molecule has 0 aliphatic carbocycles. The highest BCUT2D eigenvalue weighted by Crippen LogP contribution is 1.96. The number of ketones is 1. The molecule has 4 heteroatoms. The maximum atomic E-state index is 11.6. The molecule has 0 aromatic rings. The van der Waals surface area contributed by atoms with Crippen molar-refractivity contribution < 1.29 is 18.7 Å². The van der Waals surface area contributed by atoms with Crippen LogP contribution in [0.1, 0.15) is 32.6 Å². The molecule has 0 unspecified atom stereocenters. The first-order chi connectivity index (χ1) is 6.20. The number of rotatable bonds is 7. The molecule has 0 aliphatic heterocycles. The third-order valence-corrected chi connectivity index (χ3v) is 1.50. The molecule has 0 aromatic heterocycles. The summed E-state index contributed by atoms with van der Waals surface area (Å²) in [5.41, 5.74) is 0. The molecular formula is C9H15FO3. The van der Waals surface area contributed by atoms with Crippen LogP contribution in [0, 0.1) is 0 Å². The molecule has 0 rings (SSSR count). The third-order valence-electron chi connectivity index (χ3n) is 1.50. The van der Waals surface area contributed by atoms with E-state index in [4.69, 9.17) is 4.74 Å². The van der Waals surface area contributed by atoms with Gasteiger partial charge in [-0.05, 0) is 6.42 Å². The minimum Gasteiger partial charge on any atom is -0.465 e. The van der Waals surface area contributed by atoms with Gasteiger partial charge in [0.2, 0.25) is 0 Å². The Labute approximate surface area is 77.3 Å². The molecular weight excluding hydrogens is 175 g/mol. The van der Waals surface area contributed by atoms with Crippen molar-refractivity contribution >= 4 is 11.8 Å². The van der Waals surface area contributed by atoms with E-state index in [1.807, 2.05) is 6.92 Å². The molecule has 0 spiro atoms. The molecule has 0 aliphatic rings. The predicted octanol–water partition coefficient (Wildman–Crippen LogP) is 1.65. The molecule has 13 heavy (non-hydrogen) atoms. The molecule has 0 bridgehead atoms. The Balaban J connectivity index is 3.35. The number of halogens is 1. The second kappa shape index (κ2) is 7.71. The van der Waals surface area contributed by atoms with Gasteiger partial charge >= 0.3 is 5.97 Å². The first-order valence-corrected chi connectivity index (χ1v) is 4.44. The number of alkyl halides is 1. The average molecular weight is 190 g/mol. The fourth-order valence-electron chi connectivity index (χ4n) is 0.797. The Hall–Kier alpha value is -0.930. The maximum absolute atomic E-state index is 11.6. The van der Waals surface area contributed by atoms with Gasteiger partial charge in [0.05, 0.1) is 6.61 Å². The Morgan fingerprint density at radius 2 is 2.00 bits per heavy atom. The SMILES string of the molecule is CCCCCOC(=O)CC(=O)CF. The second-order valence-corrected chi connectivity index (χ2v) is 2.78. The van der Waals surface area contributed by atoms with E-state index in [0.717, 1.165) is 19.3 Å². The molecule has 0 radical (unpaired) electrons. The van der Waals surface area contributed by atoms with Gasteiger partial charge in [-0.2, -0.15) is 0 Å². The van der Waals surface area contributed by atoms with Gasteiger partial charge in [0, 0.05) is 0 Å². The topological polar surface area (TPSA) is 43.4 Å². The number of unbranched alkanes of at least 4 members (excludes halogenated alkanes) is 2. The summed E-state index contributed by atoms with van der Waals surface area (Å²) in [6.07, 6.45) is 2.39. The summed E-state index contributed by atoms with van der Waals surface area (Å²) < 4.78 is 16.3. The fourth-order valence-corrected chi connectivity index (χ4v) is 0.797. The van der Waals surface area contributed by atoms with Crippen LogP contribution < -0.4 is 0 Å². The van der Waals surface area contributed by atoms with Crippen molar-refractivity contribution in [3.05, 3.63) is 0 Å². The monoisotopic (exact) mass is 190 g/mol. The van der Waals surface area contributed by atoms with Crippen molar-refractivity contribution in [1.29, 1.82) is 0 Å². The van der Waals surface area contributed by atoms with Crippen LogP contribution in [0.5, 0.6) is 0 Å². The van der Waals surface area contributed by atoms with Crippen molar-refractivity contribution in [2.75, 3.05) is 13.3 Å². The van der Waals surface area contributed by atoms with Gasteiger partial charge in [-0.3, -0.25) is 9.59 Å². The average Bonchev–Trinajstić information content (AvgIpc) is 2.12. The van der Waals surface area contributed by atoms with Crippen LogP contribution in [0.3, 0.4) is 0 Å². The molecule has 0 fully saturated rings. The zero-order valence-electron chi connectivity index (χ0n) is 7.85. The normalized spacial score (nSPS) is 9.69. The number of hydrogen-bond donors (Lipinski definition) is 0. The summed E-state index contributed by atoms with van der Waals surface area (Å²) in [4.78, 5) is 21.2. The van der Waals surface area contributed by atoms with Crippen LogP contribution in [-0.4, -0.2) is 25.0 Å². The quantitative estimate of drug-likeness (QED) is 0.348. The van der Waals surface area contributed by atoms with Gasteiger partial charge in [-0.15, -0.1) is 0 Å². The number of esters is 1. The summed E-state index contributed by atoms with van der Waals surface area (Å²) in [6.45, 7) is 1.27. The highest BCUT2D eigenvalue weighted by molar-refractivity contribution is 5.96. The highest BCUT2D eigenvalue weighted by atomic mass is 19.1. The number of hydrogen-bond acceptors (Lipinski definition) is 3. The molecule has 0 atom stereocenters. The molecule has 0 saturated carbocycles. The van der Waals surface area contributed by atoms with E-state index in [0.29, 0.717) is 6.61 Å².